The van der Waals surface area contributed by atoms with E-state index in [1.807, 2.05) is 24.3 Å². The predicted octanol–water partition coefficient (Wildman–Crippen LogP) is 2.35. The first-order valence-electron chi connectivity index (χ1n) is 7.71. The van der Waals surface area contributed by atoms with Crippen molar-refractivity contribution in [3.05, 3.63) is 35.7 Å². The van der Waals surface area contributed by atoms with Gasteiger partial charge in [-0.2, -0.15) is 0 Å². The highest BCUT2D eigenvalue weighted by molar-refractivity contribution is 7.99. The lowest BCUT2D eigenvalue weighted by Gasteiger charge is -2.08. The van der Waals surface area contributed by atoms with Gasteiger partial charge in [-0.25, -0.2) is 4.68 Å². The number of rotatable bonds is 8. The zero-order valence-corrected chi connectivity index (χ0v) is 14.9. The molecule has 0 bridgehead atoms. The Morgan fingerprint density at radius 2 is 2.00 bits per heavy atom. The number of carbonyl (C=O) groups excluding carboxylic acids is 1. The number of benzene rings is 1. The fourth-order valence-corrected chi connectivity index (χ4v) is 2.60. The van der Waals surface area contributed by atoms with Crippen molar-refractivity contribution in [1.82, 2.24) is 14.9 Å². The number of ether oxygens (including phenoxy) is 2. The summed E-state index contributed by atoms with van der Waals surface area (Å²) in [7, 11) is 0. The maximum absolute atomic E-state index is 11.4. The molecule has 0 aliphatic carbocycles. The zero-order chi connectivity index (χ0) is 17.5. The monoisotopic (exact) mass is 350 g/mol. The zero-order valence-electron chi connectivity index (χ0n) is 14.1. The standard InChI is InChI=1S/C16H22N4O3S/c1-4-22-15(21)10-24-16-19-18-14(20(16)17)9-23-13-7-5-12(6-8-13)11(2)3/h5-8,11H,4,9-10,17H2,1-3H3. The van der Waals surface area contributed by atoms with Crippen LogP contribution < -0.4 is 10.6 Å². The van der Waals surface area contributed by atoms with E-state index in [1.54, 1.807) is 6.92 Å². The molecule has 1 heterocycles. The molecule has 0 fully saturated rings. The first kappa shape index (κ1) is 18.1. The molecule has 0 aliphatic rings. The van der Waals surface area contributed by atoms with Crippen molar-refractivity contribution in [1.29, 1.82) is 0 Å². The van der Waals surface area contributed by atoms with Crippen LogP contribution in [0.3, 0.4) is 0 Å². The van der Waals surface area contributed by atoms with Crippen LogP contribution in [0, 0.1) is 0 Å². The number of nitrogen functional groups attached to an aromatic ring is 1. The quantitative estimate of drug-likeness (QED) is 0.444. The van der Waals surface area contributed by atoms with Crippen LogP contribution in [0.4, 0.5) is 0 Å². The van der Waals surface area contributed by atoms with Crippen molar-refractivity contribution < 1.29 is 14.3 Å². The molecule has 1 aromatic heterocycles. The number of esters is 1. The Labute approximate surface area is 145 Å². The Kier molecular flexibility index (Phi) is 6.48. The number of carbonyl (C=O) groups is 1. The Bertz CT molecular complexity index is 670. The highest BCUT2D eigenvalue weighted by Gasteiger charge is 2.13. The van der Waals surface area contributed by atoms with Gasteiger partial charge in [-0.3, -0.25) is 4.79 Å². The third-order valence-electron chi connectivity index (χ3n) is 3.27. The van der Waals surface area contributed by atoms with Crippen LogP contribution in [-0.2, 0) is 16.1 Å². The summed E-state index contributed by atoms with van der Waals surface area (Å²) >= 11 is 1.18. The van der Waals surface area contributed by atoms with Gasteiger partial charge in [0.25, 0.3) is 0 Å². The highest BCUT2D eigenvalue weighted by Crippen LogP contribution is 2.20. The summed E-state index contributed by atoms with van der Waals surface area (Å²) in [5.41, 5.74) is 1.25. The summed E-state index contributed by atoms with van der Waals surface area (Å²) in [6.45, 7) is 6.59. The Balaban J connectivity index is 1.90. The summed E-state index contributed by atoms with van der Waals surface area (Å²) in [5, 5.41) is 8.39. The van der Waals surface area contributed by atoms with Crippen molar-refractivity contribution >= 4 is 17.7 Å². The topological polar surface area (TPSA) is 92.3 Å². The maximum Gasteiger partial charge on any atom is 0.316 e. The third-order valence-corrected chi connectivity index (χ3v) is 4.19. The van der Waals surface area contributed by atoms with Crippen molar-refractivity contribution in [3.8, 4) is 5.75 Å². The second-order valence-corrected chi connectivity index (χ2v) is 6.32. The molecule has 0 unspecified atom stereocenters. The molecule has 2 N–H and O–H groups in total. The smallest absolute Gasteiger partial charge is 0.316 e. The molecule has 1 aromatic carbocycles. The average Bonchev–Trinajstić information content (AvgIpc) is 2.92. The van der Waals surface area contributed by atoms with Crippen LogP contribution in [0.2, 0.25) is 0 Å². The van der Waals surface area contributed by atoms with Crippen LogP contribution in [-0.4, -0.2) is 33.2 Å². The molecule has 2 rings (SSSR count). The molecule has 24 heavy (non-hydrogen) atoms. The van der Waals surface area contributed by atoms with E-state index in [4.69, 9.17) is 15.3 Å². The summed E-state index contributed by atoms with van der Waals surface area (Å²) in [4.78, 5) is 11.4. The van der Waals surface area contributed by atoms with Gasteiger partial charge in [0.05, 0.1) is 12.4 Å². The fraction of sp³-hybridized carbons (Fsp3) is 0.438. The van der Waals surface area contributed by atoms with Gasteiger partial charge in [0, 0.05) is 0 Å². The number of aromatic nitrogens is 3. The number of thioether (sulfide) groups is 1. The summed E-state index contributed by atoms with van der Waals surface area (Å²) in [6, 6.07) is 7.91. The number of hydrogen-bond donors (Lipinski definition) is 1. The Morgan fingerprint density at radius 3 is 2.62 bits per heavy atom. The molecular formula is C16H22N4O3S. The lowest BCUT2D eigenvalue weighted by atomic mass is 10.0. The SMILES string of the molecule is CCOC(=O)CSc1nnc(COc2ccc(C(C)C)cc2)n1N. The number of hydrogen-bond acceptors (Lipinski definition) is 7. The van der Waals surface area contributed by atoms with E-state index < -0.39 is 0 Å². The minimum absolute atomic E-state index is 0.140. The molecule has 0 radical (unpaired) electrons. The second kappa shape index (κ2) is 8.58. The van der Waals surface area contributed by atoms with E-state index in [-0.39, 0.29) is 18.3 Å². The van der Waals surface area contributed by atoms with Crippen LogP contribution in [0.25, 0.3) is 0 Å². The van der Waals surface area contributed by atoms with Gasteiger partial charge in [-0.15, -0.1) is 10.2 Å². The summed E-state index contributed by atoms with van der Waals surface area (Å²) in [5.74, 6) is 7.46. The molecule has 0 saturated heterocycles. The molecule has 7 nitrogen and oxygen atoms in total. The number of nitrogens with zero attached hydrogens (tertiary/aromatic N) is 3. The Morgan fingerprint density at radius 1 is 1.29 bits per heavy atom. The summed E-state index contributed by atoms with van der Waals surface area (Å²) in [6.07, 6.45) is 0. The van der Waals surface area contributed by atoms with Crippen LogP contribution in [0.5, 0.6) is 5.75 Å². The predicted molar refractivity (Wildman–Crippen MR) is 92.4 cm³/mol. The van der Waals surface area contributed by atoms with E-state index in [1.165, 1.54) is 22.0 Å². The highest BCUT2D eigenvalue weighted by atomic mass is 32.2. The van der Waals surface area contributed by atoms with Crippen molar-refractivity contribution in [3.63, 3.8) is 0 Å². The third kappa shape index (κ3) is 4.89. The van der Waals surface area contributed by atoms with E-state index in [0.29, 0.717) is 23.5 Å². The second-order valence-electron chi connectivity index (χ2n) is 5.37. The van der Waals surface area contributed by atoms with E-state index in [0.717, 1.165) is 5.75 Å². The van der Waals surface area contributed by atoms with Crippen LogP contribution >= 0.6 is 11.8 Å². The van der Waals surface area contributed by atoms with Gasteiger partial charge >= 0.3 is 5.97 Å². The average molecular weight is 350 g/mol. The van der Waals surface area contributed by atoms with Gasteiger partial charge in [-0.05, 0) is 30.5 Å². The van der Waals surface area contributed by atoms with Gasteiger partial charge in [0.2, 0.25) is 5.16 Å². The van der Waals surface area contributed by atoms with Crippen LogP contribution in [0.1, 0.15) is 38.1 Å². The van der Waals surface area contributed by atoms with E-state index in [2.05, 4.69) is 24.0 Å². The Hall–Kier alpha value is -2.22. The lowest BCUT2D eigenvalue weighted by molar-refractivity contribution is -0.139. The molecule has 0 atom stereocenters. The van der Waals surface area contributed by atoms with Crippen molar-refractivity contribution in [2.45, 2.75) is 38.5 Å². The minimum Gasteiger partial charge on any atom is -0.486 e. The lowest BCUT2D eigenvalue weighted by Crippen LogP contribution is -2.16. The minimum atomic E-state index is -0.312. The molecule has 8 heteroatoms. The maximum atomic E-state index is 11.4. The van der Waals surface area contributed by atoms with E-state index in [9.17, 15) is 4.79 Å². The van der Waals surface area contributed by atoms with Gasteiger partial charge in [-0.1, -0.05) is 37.7 Å². The van der Waals surface area contributed by atoms with Gasteiger partial charge in [0.15, 0.2) is 5.82 Å². The normalized spacial score (nSPS) is 10.8. The largest absolute Gasteiger partial charge is 0.486 e. The van der Waals surface area contributed by atoms with Crippen molar-refractivity contribution in [2.75, 3.05) is 18.2 Å². The molecular weight excluding hydrogens is 328 g/mol. The van der Waals surface area contributed by atoms with Crippen LogP contribution in [0.15, 0.2) is 29.4 Å². The molecule has 0 aliphatic heterocycles. The fourth-order valence-electron chi connectivity index (χ4n) is 1.93. The number of nitrogens with two attached hydrogens (primary N) is 1. The first-order chi connectivity index (χ1) is 11.5. The molecule has 2 aromatic rings. The van der Waals surface area contributed by atoms with Gasteiger partial charge < -0.3 is 15.3 Å². The van der Waals surface area contributed by atoms with Crippen molar-refractivity contribution in [2.24, 2.45) is 0 Å². The molecule has 0 saturated carbocycles. The van der Waals surface area contributed by atoms with Gasteiger partial charge in [0.1, 0.15) is 12.4 Å². The molecule has 130 valence electrons. The summed E-state index contributed by atoms with van der Waals surface area (Å²) < 4.78 is 11.9. The first-order valence-corrected chi connectivity index (χ1v) is 8.70. The molecule has 0 amide bonds. The van der Waals surface area contributed by atoms with E-state index >= 15 is 0 Å². The molecule has 0 spiro atoms.